The molecule has 0 fully saturated rings. The summed E-state index contributed by atoms with van der Waals surface area (Å²) in [5.74, 6) is 6.61. The van der Waals surface area contributed by atoms with Crippen molar-refractivity contribution >= 4 is 10.9 Å². The number of pyridine rings is 1. The number of furan rings is 1. The topological polar surface area (TPSA) is 64.1 Å². The maximum absolute atomic E-state index is 5.70. The van der Waals surface area contributed by atoms with Gasteiger partial charge in [-0.15, -0.1) is 0 Å². The van der Waals surface area contributed by atoms with Gasteiger partial charge in [0.25, 0.3) is 0 Å². The SMILES string of the molecule is NNC(Cc1ccco1)c1cccc2ncccc12. The molecule has 3 N–H and O–H groups in total. The second-order valence-corrected chi connectivity index (χ2v) is 4.42. The van der Waals surface area contributed by atoms with Crippen molar-refractivity contribution < 1.29 is 4.42 Å². The highest BCUT2D eigenvalue weighted by Gasteiger charge is 2.15. The second kappa shape index (κ2) is 5.22. The molecule has 1 unspecified atom stereocenters. The molecule has 0 aliphatic carbocycles. The fraction of sp³-hybridized carbons (Fsp3) is 0.133. The van der Waals surface area contributed by atoms with Crippen LogP contribution in [0.5, 0.6) is 0 Å². The first-order chi connectivity index (χ1) is 9.38. The standard InChI is InChI=1S/C15H15N3O/c16-18-15(10-11-4-3-9-19-11)13-5-1-7-14-12(13)6-2-8-17-14/h1-9,15,18H,10,16H2. The lowest BCUT2D eigenvalue weighted by atomic mass is 9.98. The Kier molecular flexibility index (Phi) is 3.27. The van der Waals surface area contributed by atoms with Gasteiger partial charge in [-0.05, 0) is 29.8 Å². The molecular formula is C15H15N3O. The Labute approximate surface area is 111 Å². The molecule has 19 heavy (non-hydrogen) atoms. The highest BCUT2D eigenvalue weighted by atomic mass is 16.3. The van der Waals surface area contributed by atoms with E-state index < -0.39 is 0 Å². The van der Waals surface area contributed by atoms with E-state index >= 15 is 0 Å². The van der Waals surface area contributed by atoms with Gasteiger partial charge in [-0.3, -0.25) is 16.3 Å². The van der Waals surface area contributed by atoms with Gasteiger partial charge in [-0.25, -0.2) is 0 Å². The first-order valence-corrected chi connectivity index (χ1v) is 6.20. The predicted molar refractivity (Wildman–Crippen MR) is 74.2 cm³/mol. The molecule has 0 bridgehead atoms. The number of hydrogen-bond acceptors (Lipinski definition) is 4. The molecule has 1 atom stereocenters. The summed E-state index contributed by atoms with van der Waals surface area (Å²) in [5.41, 5.74) is 4.96. The molecule has 0 aliphatic heterocycles. The van der Waals surface area contributed by atoms with Crippen molar-refractivity contribution in [2.75, 3.05) is 0 Å². The van der Waals surface area contributed by atoms with Crippen LogP contribution >= 0.6 is 0 Å². The molecule has 4 nitrogen and oxygen atoms in total. The number of benzene rings is 1. The highest BCUT2D eigenvalue weighted by Crippen LogP contribution is 2.25. The average molecular weight is 253 g/mol. The van der Waals surface area contributed by atoms with E-state index in [2.05, 4.69) is 22.5 Å². The van der Waals surface area contributed by atoms with Crippen molar-refractivity contribution in [3.8, 4) is 0 Å². The zero-order chi connectivity index (χ0) is 13.1. The van der Waals surface area contributed by atoms with Gasteiger partial charge in [0.05, 0.1) is 17.8 Å². The normalized spacial score (nSPS) is 12.7. The smallest absolute Gasteiger partial charge is 0.105 e. The summed E-state index contributed by atoms with van der Waals surface area (Å²) < 4.78 is 5.39. The van der Waals surface area contributed by atoms with Gasteiger partial charge >= 0.3 is 0 Å². The minimum Gasteiger partial charge on any atom is -0.469 e. The molecule has 96 valence electrons. The van der Waals surface area contributed by atoms with Gasteiger partial charge in [0.1, 0.15) is 5.76 Å². The molecule has 0 radical (unpaired) electrons. The van der Waals surface area contributed by atoms with Crippen molar-refractivity contribution in [3.63, 3.8) is 0 Å². The van der Waals surface area contributed by atoms with E-state index in [4.69, 9.17) is 10.3 Å². The zero-order valence-corrected chi connectivity index (χ0v) is 10.4. The van der Waals surface area contributed by atoms with Crippen LogP contribution in [0.25, 0.3) is 10.9 Å². The average Bonchev–Trinajstić information content (AvgIpc) is 2.97. The third kappa shape index (κ3) is 2.36. The highest BCUT2D eigenvalue weighted by molar-refractivity contribution is 5.82. The number of rotatable bonds is 4. The third-order valence-electron chi connectivity index (χ3n) is 3.24. The Morgan fingerprint density at radius 2 is 2.11 bits per heavy atom. The van der Waals surface area contributed by atoms with Gasteiger partial charge in [0, 0.05) is 18.0 Å². The molecular weight excluding hydrogens is 238 g/mol. The number of nitrogens with one attached hydrogen (secondary N) is 1. The first-order valence-electron chi connectivity index (χ1n) is 6.20. The number of hydrogen-bond donors (Lipinski definition) is 2. The molecule has 0 aliphatic rings. The summed E-state index contributed by atoms with van der Waals surface area (Å²) in [6.45, 7) is 0. The van der Waals surface area contributed by atoms with Crippen LogP contribution in [0.1, 0.15) is 17.4 Å². The van der Waals surface area contributed by atoms with Crippen LogP contribution in [0.4, 0.5) is 0 Å². The summed E-state index contributed by atoms with van der Waals surface area (Å²) >= 11 is 0. The van der Waals surface area contributed by atoms with Crippen LogP contribution in [0, 0.1) is 0 Å². The predicted octanol–water partition coefficient (Wildman–Crippen LogP) is 2.57. The third-order valence-corrected chi connectivity index (χ3v) is 3.24. The van der Waals surface area contributed by atoms with Crippen LogP contribution in [0.15, 0.2) is 59.3 Å². The molecule has 0 saturated heterocycles. The van der Waals surface area contributed by atoms with Gasteiger partial charge < -0.3 is 4.42 Å². The lowest BCUT2D eigenvalue weighted by Crippen LogP contribution is -2.29. The Hall–Kier alpha value is -2.17. The molecule has 0 saturated carbocycles. The van der Waals surface area contributed by atoms with Crippen molar-refractivity contribution in [1.82, 2.24) is 10.4 Å². The van der Waals surface area contributed by atoms with Crippen molar-refractivity contribution in [3.05, 3.63) is 66.2 Å². The van der Waals surface area contributed by atoms with E-state index in [1.54, 1.807) is 12.5 Å². The Morgan fingerprint density at radius 1 is 1.16 bits per heavy atom. The second-order valence-electron chi connectivity index (χ2n) is 4.42. The summed E-state index contributed by atoms with van der Waals surface area (Å²) in [7, 11) is 0. The molecule has 3 rings (SSSR count). The van der Waals surface area contributed by atoms with Crippen LogP contribution in [-0.2, 0) is 6.42 Å². The molecule has 0 spiro atoms. The molecule has 3 aromatic rings. The number of nitrogens with two attached hydrogens (primary N) is 1. The molecule has 2 aromatic heterocycles. The minimum atomic E-state index is -0.000880. The quantitative estimate of drug-likeness (QED) is 0.554. The van der Waals surface area contributed by atoms with E-state index in [9.17, 15) is 0 Å². The van der Waals surface area contributed by atoms with E-state index in [-0.39, 0.29) is 6.04 Å². The molecule has 1 aromatic carbocycles. The minimum absolute atomic E-state index is 0.000880. The molecule has 0 amide bonds. The number of aromatic nitrogens is 1. The van der Waals surface area contributed by atoms with Crippen LogP contribution < -0.4 is 11.3 Å². The molecule has 2 heterocycles. The molecule has 4 heteroatoms. The maximum atomic E-state index is 5.70. The number of nitrogens with zero attached hydrogens (tertiary/aromatic N) is 1. The zero-order valence-electron chi connectivity index (χ0n) is 10.4. The maximum Gasteiger partial charge on any atom is 0.105 e. The fourth-order valence-corrected chi connectivity index (χ4v) is 2.32. The Balaban J connectivity index is 2.01. The van der Waals surface area contributed by atoms with Gasteiger partial charge in [0.15, 0.2) is 0 Å². The summed E-state index contributed by atoms with van der Waals surface area (Å²) in [6.07, 6.45) is 4.18. The summed E-state index contributed by atoms with van der Waals surface area (Å²) in [5, 5.41) is 1.11. The largest absolute Gasteiger partial charge is 0.469 e. The Morgan fingerprint density at radius 3 is 2.89 bits per heavy atom. The van der Waals surface area contributed by atoms with Gasteiger partial charge in [-0.1, -0.05) is 18.2 Å². The van der Waals surface area contributed by atoms with E-state index in [1.165, 1.54) is 0 Å². The van der Waals surface area contributed by atoms with Crippen LogP contribution in [0.3, 0.4) is 0 Å². The van der Waals surface area contributed by atoms with E-state index in [0.29, 0.717) is 6.42 Å². The summed E-state index contributed by atoms with van der Waals surface area (Å²) in [6, 6.07) is 13.9. The fourth-order valence-electron chi connectivity index (χ4n) is 2.32. The van der Waals surface area contributed by atoms with Crippen molar-refractivity contribution in [2.45, 2.75) is 12.5 Å². The number of fused-ring (bicyclic) bond motifs is 1. The lowest BCUT2D eigenvalue weighted by molar-refractivity contribution is 0.456. The van der Waals surface area contributed by atoms with E-state index in [1.807, 2.05) is 30.3 Å². The Bertz CT molecular complexity index is 659. The van der Waals surface area contributed by atoms with Crippen molar-refractivity contribution in [2.24, 2.45) is 5.84 Å². The van der Waals surface area contributed by atoms with Crippen LogP contribution in [-0.4, -0.2) is 4.98 Å². The number of hydrazine groups is 1. The van der Waals surface area contributed by atoms with Gasteiger partial charge in [0.2, 0.25) is 0 Å². The summed E-state index contributed by atoms with van der Waals surface area (Å²) in [4.78, 5) is 4.36. The monoisotopic (exact) mass is 253 g/mol. The van der Waals surface area contributed by atoms with E-state index in [0.717, 1.165) is 22.2 Å². The van der Waals surface area contributed by atoms with Gasteiger partial charge in [-0.2, -0.15) is 0 Å². The first kappa shape index (κ1) is 11.9. The van der Waals surface area contributed by atoms with Crippen molar-refractivity contribution in [1.29, 1.82) is 0 Å². The van der Waals surface area contributed by atoms with Crippen LogP contribution in [0.2, 0.25) is 0 Å². The lowest BCUT2D eigenvalue weighted by Gasteiger charge is -2.17.